The van der Waals surface area contributed by atoms with E-state index >= 15 is 0 Å². The minimum atomic E-state index is -1.06. The van der Waals surface area contributed by atoms with Crippen LogP contribution < -0.4 is 10.7 Å². The summed E-state index contributed by atoms with van der Waals surface area (Å²) in [5.41, 5.74) is 6.77. The first-order valence-electron chi connectivity index (χ1n) is 14.6. The summed E-state index contributed by atoms with van der Waals surface area (Å²) in [7, 11) is 0. The number of carbonyl (C=O) groups excluding carboxylic acids is 4. The molecule has 0 saturated carbocycles. The number of rotatable bonds is 10. The van der Waals surface area contributed by atoms with Crippen molar-refractivity contribution >= 4 is 34.4 Å². The van der Waals surface area contributed by atoms with Crippen molar-refractivity contribution < 1.29 is 19.2 Å². The number of hydrogen-bond donors (Lipinski definition) is 2. The standard InChI is InChI=1S/C36H33N5O4/c1-24(25(2)42)41(34(43)23-27-13-8-14-28(21-27)31-17-6-7-19-37-31)40-36(45)33(22-26-11-4-3-5-12-26)39-35(44)30-15-9-18-32-29(30)16-10-20-38-32/h3-21,24,33H,22-23H2,1-2H3,(H,39,44)(H,40,45)/t24?,33-/m0/s1. The molecule has 2 heterocycles. The van der Waals surface area contributed by atoms with E-state index in [9.17, 15) is 19.2 Å². The molecule has 0 spiro atoms. The fraction of sp³-hybridized carbons (Fsp3) is 0.167. The molecule has 9 heteroatoms. The van der Waals surface area contributed by atoms with Crippen LogP contribution in [0.2, 0.25) is 0 Å². The molecule has 2 aromatic heterocycles. The molecule has 0 aliphatic carbocycles. The Hall–Kier alpha value is -5.70. The van der Waals surface area contributed by atoms with Gasteiger partial charge in [-0.1, -0.05) is 66.7 Å². The summed E-state index contributed by atoms with van der Waals surface area (Å²) in [6.45, 7) is 2.91. The van der Waals surface area contributed by atoms with Crippen LogP contribution in [0.25, 0.3) is 22.2 Å². The number of ketones is 1. The van der Waals surface area contributed by atoms with Crippen molar-refractivity contribution in [2.45, 2.75) is 38.8 Å². The van der Waals surface area contributed by atoms with E-state index in [0.717, 1.165) is 21.8 Å². The lowest BCUT2D eigenvalue weighted by Gasteiger charge is -2.30. The van der Waals surface area contributed by atoms with Gasteiger partial charge in [-0.25, -0.2) is 5.01 Å². The van der Waals surface area contributed by atoms with Crippen LogP contribution in [-0.4, -0.2) is 50.6 Å². The predicted octanol–water partition coefficient (Wildman–Crippen LogP) is 4.72. The van der Waals surface area contributed by atoms with Gasteiger partial charge in [-0.3, -0.25) is 34.6 Å². The summed E-state index contributed by atoms with van der Waals surface area (Å²) >= 11 is 0. The van der Waals surface area contributed by atoms with Gasteiger partial charge in [0, 0.05) is 35.3 Å². The van der Waals surface area contributed by atoms with E-state index in [1.807, 2.05) is 66.7 Å². The van der Waals surface area contributed by atoms with Gasteiger partial charge >= 0.3 is 0 Å². The van der Waals surface area contributed by atoms with Gasteiger partial charge in [0.25, 0.3) is 11.8 Å². The number of Topliss-reactive ketones (excluding diaryl/α,β-unsaturated/α-hetero) is 1. The average Bonchev–Trinajstić information content (AvgIpc) is 3.07. The summed E-state index contributed by atoms with van der Waals surface area (Å²) in [4.78, 5) is 62.3. The molecule has 2 atom stereocenters. The zero-order valence-electron chi connectivity index (χ0n) is 25.0. The topological polar surface area (TPSA) is 121 Å². The minimum Gasteiger partial charge on any atom is -0.340 e. The van der Waals surface area contributed by atoms with E-state index in [1.54, 1.807) is 55.7 Å². The first kappa shape index (κ1) is 30.7. The number of fused-ring (bicyclic) bond motifs is 1. The molecular formula is C36H33N5O4. The van der Waals surface area contributed by atoms with Crippen LogP contribution in [0.15, 0.2) is 116 Å². The summed E-state index contributed by atoms with van der Waals surface area (Å²) in [5, 5.41) is 4.56. The molecule has 9 nitrogen and oxygen atoms in total. The molecule has 0 fully saturated rings. The van der Waals surface area contributed by atoms with Crippen LogP contribution in [0.5, 0.6) is 0 Å². The highest BCUT2D eigenvalue weighted by molar-refractivity contribution is 6.07. The van der Waals surface area contributed by atoms with E-state index in [1.165, 1.54) is 6.92 Å². The minimum absolute atomic E-state index is 0.0721. The maximum absolute atomic E-state index is 13.9. The quantitative estimate of drug-likeness (QED) is 0.224. The Balaban J connectivity index is 1.39. The maximum Gasteiger partial charge on any atom is 0.261 e. The molecule has 2 N–H and O–H groups in total. The van der Waals surface area contributed by atoms with Crippen molar-refractivity contribution in [2.75, 3.05) is 0 Å². The summed E-state index contributed by atoms with van der Waals surface area (Å²) in [6, 6.07) is 29.0. The fourth-order valence-electron chi connectivity index (χ4n) is 4.98. The van der Waals surface area contributed by atoms with Crippen LogP contribution in [0, 0.1) is 0 Å². The molecule has 0 aliphatic heterocycles. The monoisotopic (exact) mass is 599 g/mol. The van der Waals surface area contributed by atoms with Gasteiger partial charge in [0.1, 0.15) is 12.1 Å². The predicted molar refractivity (Wildman–Crippen MR) is 172 cm³/mol. The third kappa shape index (κ3) is 7.64. The molecule has 0 radical (unpaired) electrons. The molecule has 0 bridgehead atoms. The van der Waals surface area contributed by atoms with Crippen LogP contribution in [0.3, 0.4) is 0 Å². The zero-order valence-corrected chi connectivity index (χ0v) is 25.0. The highest BCUT2D eigenvalue weighted by Crippen LogP contribution is 2.19. The Morgan fingerprint density at radius 3 is 2.27 bits per heavy atom. The van der Waals surface area contributed by atoms with Crippen LogP contribution in [-0.2, 0) is 27.2 Å². The van der Waals surface area contributed by atoms with Gasteiger partial charge in [-0.2, -0.15) is 0 Å². The van der Waals surface area contributed by atoms with Gasteiger partial charge in [-0.15, -0.1) is 0 Å². The van der Waals surface area contributed by atoms with Gasteiger partial charge in [0.15, 0.2) is 5.78 Å². The first-order chi connectivity index (χ1) is 21.8. The number of carbonyl (C=O) groups is 4. The molecular weight excluding hydrogens is 566 g/mol. The second-order valence-electron chi connectivity index (χ2n) is 10.7. The SMILES string of the molecule is CC(=O)C(C)N(NC(=O)[C@H](Cc1ccccc1)NC(=O)c1cccc2ncccc12)C(=O)Cc1cccc(-c2ccccn2)c1. The van der Waals surface area contributed by atoms with Crippen molar-refractivity contribution in [3.8, 4) is 11.3 Å². The molecule has 0 aliphatic rings. The smallest absolute Gasteiger partial charge is 0.261 e. The fourth-order valence-corrected chi connectivity index (χ4v) is 4.98. The van der Waals surface area contributed by atoms with E-state index in [-0.39, 0.29) is 18.6 Å². The largest absolute Gasteiger partial charge is 0.340 e. The second kappa shape index (κ2) is 14.2. The van der Waals surface area contributed by atoms with Gasteiger partial charge in [0.05, 0.1) is 17.6 Å². The van der Waals surface area contributed by atoms with Crippen LogP contribution >= 0.6 is 0 Å². The summed E-state index contributed by atoms with van der Waals surface area (Å²) in [5.74, 6) is -1.88. The third-order valence-electron chi connectivity index (χ3n) is 7.51. The van der Waals surface area contributed by atoms with Crippen LogP contribution in [0.4, 0.5) is 0 Å². The highest BCUT2D eigenvalue weighted by Gasteiger charge is 2.30. The lowest BCUT2D eigenvalue weighted by Crippen LogP contribution is -2.58. The molecule has 5 aromatic rings. The number of hydrazine groups is 1. The number of aromatic nitrogens is 2. The number of amides is 3. The molecule has 45 heavy (non-hydrogen) atoms. The van der Waals surface area contributed by atoms with Crippen molar-refractivity contribution in [1.29, 1.82) is 0 Å². The molecule has 1 unspecified atom stereocenters. The molecule has 3 aromatic carbocycles. The first-order valence-corrected chi connectivity index (χ1v) is 14.6. The normalized spacial score (nSPS) is 12.1. The van der Waals surface area contributed by atoms with Gasteiger partial charge in [0.2, 0.25) is 5.91 Å². The Kier molecular flexibility index (Phi) is 9.69. The number of hydrogen-bond acceptors (Lipinski definition) is 6. The lowest BCUT2D eigenvalue weighted by atomic mass is 10.0. The average molecular weight is 600 g/mol. The van der Waals surface area contributed by atoms with Crippen molar-refractivity contribution in [3.63, 3.8) is 0 Å². The maximum atomic E-state index is 13.9. The Bertz CT molecular complexity index is 1820. The summed E-state index contributed by atoms with van der Waals surface area (Å²) in [6.07, 6.45) is 3.42. The van der Waals surface area contributed by atoms with Crippen LogP contribution in [0.1, 0.15) is 35.3 Å². The van der Waals surface area contributed by atoms with Crippen molar-refractivity contribution in [1.82, 2.24) is 25.7 Å². The van der Waals surface area contributed by atoms with E-state index in [2.05, 4.69) is 20.7 Å². The zero-order chi connectivity index (χ0) is 31.8. The molecule has 226 valence electrons. The van der Waals surface area contributed by atoms with Gasteiger partial charge < -0.3 is 5.32 Å². The Morgan fingerprint density at radius 2 is 1.51 bits per heavy atom. The van der Waals surface area contributed by atoms with Gasteiger partial charge in [-0.05, 0) is 61.4 Å². The number of pyridine rings is 2. The Labute approximate surface area is 261 Å². The van der Waals surface area contributed by atoms with Crippen molar-refractivity contribution in [2.24, 2.45) is 0 Å². The number of nitrogens with zero attached hydrogens (tertiary/aromatic N) is 3. The number of benzene rings is 3. The molecule has 3 amide bonds. The molecule has 0 saturated heterocycles. The van der Waals surface area contributed by atoms with E-state index in [4.69, 9.17) is 0 Å². The highest BCUT2D eigenvalue weighted by atomic mass is 16.2. The second-order valence-corrected chi connectivity index (χ2v) is 10.7. The lowest BCUT2D eigenvalue weighted by molar-refractivity contribution is -0.147. The van der Waals surface area contributed by atoms with E-state index < -0.39 is 29.8 Å². The third-order valence-corrected chi connectivity index (χ3v) is 7.51. The van der Waals surface area contributed by atoms with Crippen molar-refractivity contribution in [3.05, 3.63) is 132 Å². The molecule has 5 rings (SSSR count). The summed E-state index contributed by atoms with van der Waals surface area (Å²) < 4.78 is 0. The van der Waals surface area contributed by atoms with E-state index in [0.29, 0.717) is 22.0 Å². The Morgan fingerprint density at radius 1 is 0.778 bits per heavy atom. The number of nitrogens with one attached hydrogen (secondary N) is 2.